The summed E-state index contributed by atoms with van der Waals surface area (Å²) >= 11 is 0. The molecule has 0 bridgehead atoms. The van der Waals surface area contributed by atoms with Gasteiger partial charge < -0.3 is 10.4 Å². The lowest BCUT2D eigenvalue weighted by Crippen LogP contribution is -2.09. The first kappa shape index (κ1) is 6.49. The molecule has 0 aromatic rings. The van der Waals surface area contributed by atoms with E-state index >= 15 is 0 Å². The Morgan fingerprint density at radius 3 is 2.57 bits per heavy atom. The molecule has 4 heteroatoms. The van der Waals surface area contributed by atoms with Crippen LogP contribution in [0.1, 0.15) is 6.42 Å². The quantitative estimate of drug-likeness (QED) is 0.427. The zero-order valence-corrected chi connectivity index (χ0v) is 4.31. The Balaban J connectivity index is 3.00. The number of hydrogen-bond acceptors (Lipinski definition) is 3. The first-order valence-corrected chi connectivity index (χ1v) is 2.08. The summed E-state index contributed by atoms with van der Waals surface area (Å²) in [7, 11) is 1.35. The summed E-state index contributed by atoms with van der Waals surface area (Å²) in [5.74, 6) is -0.248. The van der Waals surface area contributed by atoms with Crippen LogP contribution in [0.3, 0.4) is 0 Å². The molecule has 0 heterocycles. The second kappa shape index (κ2) is 3.68. The van der Waals surface area contributed by atoms with Gasteiger partial charge in [0.2, 0.25) is 0 Å². The van der Waals surface area contributed by atoms with E-state index in [1.54, 1.807) is 0 Å². The van der Waals surface area contributed by atoms with Gasteiger partial charge in [0.15, 0.2) is 0 Å². The highest BCUT2D eigenvalue weighted by molar-refractivity contribution is 6.05. The van der Waals surface area contributed by atoms with E-state index < -0.39 is 0 Å². The normalized spacial score (nSPS) is 8.14. The van der Waals surface area contributed by atoms with Crippen molar-refractivity contribution in [1.29, 1.82) is 0 Å². The molecule has 40 valence electrons. The molecule has 0 aromatic carbocycles. The van der Waals surface area contributed by atoms with Crippen LogP contribution in [0.25, 0.3) is 0 Å². The maximum atomic E-state index is 10.1. The number of carbonyl (C=O) groups excluding carboxylic acids is 1. The maximum absolute atomic E-state index is 10.1. The summed E-state index contributed by atoms with van der Waals surface area (Å²) in [6.45, 7) is 0.368. The largest absolute Gasteiger partial charge is 0.543 e. The van der Waals surface area contributed by atoms with Gasteiger partial charge in [-0.1, -0.05) is 0 Å². The van der Waals surface area contributed by atoms with Crippen LogP contribution in [-0.4, -0.2) is 20.6 Å². The Labute approximate surface area is 43.3 Å². The monoisotopic (exact) mass is 101 g/mol. The van der Waals surface area contributed by atoms with E-state index in [2.05, 4.69) is 4.65 Å². The second-order valence-electron chi connectivity index (χ2n) is 1.11. The molecule has 0 spiro atoms. The van der Waals surface area contributed by atoms with E-state index in [0.29, 0.717) is 13.0 Å². The molecule has 7 heavy (non-hydrogen) atoms. The van der Waals surface area contributed by atoms with Gasteiger partial charge in [0.05, 0.1) is 6.42 Å². The minimum atomic E-state index is -0.248. The first-order chi connectivity index (χ1) is 3.31. The van der Waals surface area contributed by atoms with Gasteiger partial charge in [0.1, 0.15) is 0 Å². The van der Waals surface area contributed by atoms with Crippen LogP contribution in [0.4, 0.5) is 0 Å². The predicted octanol–water partition coefficient (Wildman–Crippen LogP) is -1.57. The van der Waals surface area contributed by atoms with Crippen molar-refractivity contribution >= 4 is 14.0 Å². The molecule has 0 saturated heterocycles. The molecule has 0 aliphatic carbocycles. The summed E-state index contributed by atoms with van der Waals surface area (Å²) in [6.07, 6.45) is 0.316. The second-order valence-corrected chi connectivity index (χ2v) is 1.11. The Morgan fingerprint density at radius 2 is 2.43 bits per heavy atom. The maximum Gasteiger partial charge on any atom is 0.325 e. The van der Waals surface area contributed by atoms with E-state index in [1.807, 2.05) is 0 Å². The van der Waals surface area contributed by atoms with Crippen molar-refractivity contribution in [2.24, 2.45) is 5.73 Å². The average molecular weight is 101 g/mol. The number of carbonyl (C=O) groups is 1. The van der Waals surface area contributed by atoms with Crippen molar-refractivity contribution in [2.45, 2.75) is 6.42 Å². The Morgan fingerprint density at radius 1 is 1.86 bits per heavy atom. The lowest BCUT2D eigenvalue weighted by Gasteiger charge is -1.92. The highest BCUT2D eigenvalue weighted by Gasteiger charge is 1.92. The SMILES string of the molecule is BOC(=O)CCN. The third-order valence-corrected chi connectivity index (χ3v) is 0.576. The molecule has 0 radical (unpaired) electrons. The fraction of sp³-hybridized carbons (Fsp3) is 0.667. The van der Waals surface area contributed by atoms with Gasteiger partial charge in [-0.15, -0.1) is 0 Å². The molecular formula is C3H8BNO2. The lowest BCUT2D eigenvalue weighted by atomic mass is 10.4. The van der Waals surface area contributed by atoms with Crippen LogP contribution < -0.4 is 5.73 Å². The zero-order chi connectivity index (χ0) is 5.70. The van der Waals surface area contributed by atoms with Crippen LogP contribution >= 0.6 is 0 Å². The van der Waals surface area contributed by atoms with Crippen molar-refractivity contribution in [3.8, 4) is 0 Å². The minimum Gasteiger partial charge on any atom is -0.543 e. The molecule has 0 saturated carbocycles. The van der Waals surface area contributed by atoms with Gasteiger partial charge in [-0.05, 0) is 0 Å². The molecule has 0 aromatic heterocycles. The first-order valence-electron chi connectivity index (χ1n) is 2.08. The summed E-state index contributed by atoms with van der Waals surface area (Å²) < 4.78 is 4.27. The topological polar surface area (TPSA) is 52.3 Å². The van der Waals surface area contributed by atoms with Gasteiger partial charge in [-0.25, -0.2) is 0 Å². The number of hydrogen-bond donors (Lipinski definition) is 1. The van der Waals surface area contributed by atoms with Crippen LogP contribution in [0.15, 0.2) is 0 Å². The standard InChI is InChI=1S/C3H8BNO2/c4-7-3(6)1-2-5/h1-2,4-5H2. The van der Waals surface area contributed by atoms with E-state index in [1.165, 1.54) is 8.05 Å². The van der Waals surface area contributed by atoms with Crippen LogP contribution in [0, 0.1) is 0 Å². The molecular weight excluding hydrogens is 92.9 g/mol. The van der Waals surface area contributed by atoms with Crippen molar-refractivity contribution in [3.63, 3.8) is 0 Å². The Kier molecular flexibility index (Phi) is 3.41. The van der Waals surface area contributed by atoms with Crippen molar-refractivity contribution < 1.29 is 9.45 Å². The van der Waals surface area contributed by atoms with Crippen molar-refractivity contribution in [1.82, 2.24) is 0 Å². The fourth-order valence-corrected chi connectivity index (χ4v) is 0.220. The van der Waals surface area contributed by atoms with Crippen molar-refractivity contribution in [3.05, 3.63) is 0 Å². The van der Waals surface area contributed by atoms with E-state index in [9.17, 15) is 4.79 Å². The molecule has 0 atom stereocenters. The highest BCUT2D eigenvalue weighted by atomic mass is 16.5. The van der Waals surface area contributed by atoms with E-state index in [4.69, 9.17) is 5.73 Å². The highest BCUT2D eigenvalue weighted by Crippen LogP contribution is 1.75. The van der Waals surface area contributed by atoms with Crippen LogP contribution in [0.2, 0.25) is 0 Å². The number of rotatable bonds is 2. The molecule has 0 aliphatic rings. The predicted molar refractivity (Wildman–Crippen MR) is 28.3 cm³/mol. The Bertz CT molecular complexity index is 66.0. The molecule has 2 N–H and O–H groups in total. The molecule has 0 fully saturated rings. The van der Waals surface area contributed by atoms with Crippen LogP contribution in [0.5, 0.6) is 0 Å². The molecule has 3 nitrogen and oxygen atoms in total. The van der Waals surface area contributed by atoms with Crippen molar-refractivity contribution in [2.75, 3.05) is 6.54 Å². The Hall–Kier alpha value is -0.505. The summed E-state index contributed by atoms with van der Waals surface area (Å²) in [4.78, 5) is 10.1. The molecule has 0 amide bonds. The fourth-order valence-electron chi connectivity index (χ4n) is 0.220. The van der Waals surface area contributed by atoms with Gasteiger partial charge in [0, 0.05) is 6.54 Å². The van der Waals surface area contributed by atoms with Gasteiger partial charge in [-0.3, -0.25) is 4.79 Å². The molecule has 0 rings (SSSR count). The third kappa shape index (κ3) is 3.32. The smallest absolute Gasteiger partial charge is 0.325 e. The molecule has 0 unspecified atom stereocenters. The zero-order valence-electron chi connectivity index (χ0n) is 4.31. The molecule has 0 aliphatic heterocycles. The van der Waals surface area contributed by atoms with Gasteiger partial charge >= 0.3 is 8.05 Å². The van der Waals surface area contributed by atoms with Gasteiger partial charge in [0.25, 0.3) is 5.97 Å². The summed E-state index contributed by atoms with van der Waals surface area (Å²) in [5, 5.41) is 0. The minimum absolute atomic E-state index is 0.248. The van der Waals surface area contributed by atoms with Gasteiger partial charge in [-0.2, -0.15) is 0 Å². The summed E-state index contributed by atoms with van der Waals surface area (Å²) in [5.41, 5.74) is 5.00. The average Bonchev–Trinajstić information content (AvgIpc) is 1.68. The van der Waals surface area contributed by atoms with E-state index in [0.717, 1.165) is 0 Å². The summed E-state index contributed by atoms with van der Waals surface area (Å²) in [6, 6.07) is 0. The van der Waals surface area contributed by atoms with Crippen LogP contribution in [-0.2, 0) is 9.45 Å². The number of nitrogens with two attached hydrogens (primary N) is 1. The third-order valence-electron chi connectivity index (χ3n) is 0.576. The lowest BCUT2D eigenvalue weighted by molar-refractivity contribution is -0.133. The van der Waals surface area contributed by atoms with E-state index in [-0.39, 0.29) is 5.97 Å².